The number of nitrogens with one attached hydrogen (secondary N) is 1. The van der Waals surface area contributed by atoms with E-state index in [0.717, 1.165) is 11.1 Å². The van der Waals surface area contributed by atoms with Gasteiger partial charge in [-0.25, -0.2) is 15.0 Å². The van der Waals surface area contributed by atoms with Crippen LogP contribution in [-0.2, 0) is 13.6 Å². The third-order valence-corrected chi connectivity index (χ3v) is 3.25. The van der Waals surface area contributed by atoms with Crippen molar-refractivity contribution in [1.29, 1.82) is 0 Å². The number of hydrogen-bond acceptors (Lipinski definition) is 6. The van der Waals surface area contributed by atoms with Gasteiger partial charge in [-0.2, -0.15) is 0 Å². The first-order valence-electron chi connectivity index (χ1n) is 6.46. The van der Waals surface area contributed by atoms with Crippen molar-refractivity contribution in [1.82, 2.24) is 19.5 Å². The number of imidazole rings is 1. The second-order valence-electron chi connectivity index (χ2n) is 4.72. The number of benzene rings is 1. The number of fused-ring (bicyclic) bond motifs is 1. The van der Waals surface area contributed by atoms with Crippen LogP contribution in [0, 0.1) is 0 Å². The second kappa shape index (κ2) is 5.51. The summed E-state index contributed by atoms with van der Waals surface area (Å²) < 4.78 is 1.86. The van der Waals surface area contributed by atoms with Gasteiger partial charge >= 0.3 is 7.12 Å². The molecule has 3 aromatic rings. The largest absolute Gasteiger partial charge is 0.488 e. The highest BCUT2D eigenvalue weighted by Crippen LogP contribution is 2.17. The fraction of sp³-hybridized carbons (Fsp3) is 0.154. The molecule has 0 aliphatic rings. The highest BCUT2D eigenvalue weighted by atomic mass is 16.4. The van der Waals surface area contributed by atoms with E-state index in [-0.39, 0.29) is 0 Å². The molecule has 0 unspecified atom stereocenters. The van der Waals surface area contributed by atoms with Gasteiger partial charge in [0.25, 0.3) is 0 Å². The number of rotatable bonds is 4. The van der Waals surface area contributed by atoms with E-state index in [2.05, 4.69) is 20.3 Å². The minimum Gasteiger partial charge on any atom is -0.423 e. The minimum atomic E-state index is -1.44. The van der Waals surface area contributed by atoms with Crippen molar-refractivity contribution < 1.29 is 10.0 Å². The summed E-state index contributed by atoms with van der Waals surface area (Å²) in [5, 5.41) is 21.4. The summed E-state index contributed by atoms with van der Waals surface area (Å²) in [5.74, 6) is 0.714. The molecule has 1 aromatic carbocycles. The average Bonchev–Trinajstić information content (AvgIpc) is 2.88. The quantitative estimate of drug-likeness (QED) is 0.567. The van der Waals surface area contributed by atoms with Crippen molar-refractivity contribution in [2.75, 3.05) is 5.32 Å². The smallest absolute Gasteiger partial charge is 0.423 e. The zero-order valence-electron chi connectivity index (χ0n) is 11.4. The summed E-state index contributed by atoms with van der Waals surface area (Å²) in [4.78, 5) is 12.5. The van der Waals surface area contributed by atoms with Gasteiger partial charge in [-0.3, -0.25) is 0 Å². The summed E-state index contributed by atoms with van der Waals surface area (Å²) in [5.41, 5.74) is 2.97. The van der Waals surface area contributed by atoms with E-state index in [1.54, 1.807) is 18.5 Å². The lowest BCUT2D eigenvalue weighted by molar-refractivity contribution is 0.426. The minimum absolute atomic E-state index is 0.467. The first kappa shape index (κ1) is 13.5. The fourth-order valence-electron chi connectivity index (χ4n) is 2.11. The number of aryl methyl sites for hydroxylation is 1. The molecule has 7 nitrogen and oxygen atoms in total. The molecular formula is C13H14BN5O2. The lowest BCUT2D eigenvalue weighted by Gasteiger charge is -2.08. The van der Waals surface area contributed by atoms with E-state index < -0.39 is 7.12 Å². The Labute approximate surface area is 121 Å². The van der Waals surface area contributed by atoms with Crippen LogP contribution in [0.15, 0.2) is 36.9 Å². The van der Waals surface area contributed by atoms with Crippen LogP contribution in [0.4, 0.5) is 5.82 Å². The Kier molecular flexibility index (Phi) is 3.55. The standard InChI is InChI=1S/C13H14BN5O2/c1-19-8-18-13-11(19)12(16-7-17-13)15-6-9-2-4-10(5-3-9)14(20)21/h2-5,7-8,20-21H,6H2,1H3,(H,15,16,17). The Morgan fingerprint density at radius 2 is 1.90 bits per heavy atom. The molecule has 3 N–H and O–H groups in total. The lowest BCUT2D eigenvalue weighted by Crippen LogP contribution is -2.29. The van der Waals surface area contributed by atoms with Crippen LogP contribution in [-0.4, -0.2) is 36.7 Å². The molecule has 0 saturated heterocycles. The van der Waals surface area contributed by atoms with Gasteiger partial charge in [0.05, 0.1) is 6.33 Å². The van der Waals surface area contributed by atoms with Crippen molar-refractivity contribution in [3.05, 3.63) is 42.5 Å². The third kappa shape index (κ3) is 2.71. The Morgan fingerprint density at radius 1 is 1.14 bits per heavy atom. The average molecular weight is 283 g/mol. The SMILES string of the molecule is Cn1cnc2ncnc(NCc3ccc(B(O)O)cc3)c21. The predicted octanol–water partition coefficient (Wildman–Crippen LogP) is -0.345. The maximum absolute atomic E-state index is 9.06. The molecule has 0 amide bonds. The van der Waals surface area contributed by atoms with E-state index in [4.69, 9.17) is 10.0 Å². The third-order valence-electron chi connectivity index (χ3n) is 3.25. The Balaban J connectivity index is 1.78. The molecule has 0 bridgehead atoms. The summed E-state index contributed by atoms with van der Waals surface area (Å²) in [6, 6.07) is 7.04. The van der Waals surface area contributed by atoms with Crippen LogP contribution in [0.2, 0.25) is 0 Å². The molecule has 0 radical (unpaired) electrons. The number of hydrogen-bond donors (Lipinski definition) is 3. The fourth-order valence-corrected chi connectivity index (χ4v) is 2.11. The molecule has 106 valence electrons. The lowest BCUT2D eigenvalue weighted by atomic mass is 9.80. The summed E-state index contributed by atoms with van der Waals surface area (Å²) in [7, 11) is 0.448. The van der Waals surface area contributed by atoms with E-state index in [1.165, 1.54) is 6.33 Å². The van der Waals surface area contributed by atoms with Gasteiger partial charge < -0.3 is 19.9 Å². The van der Waals surface area contributed by atoms with Gasteiger partial charge in [0.2, 0.25) is 0 Å². The van der Waals surface area contributed by atoms with Gasteiger partial charge in [-0.05, 0) is 11.0 Å². The molecule has 3 rings (SSSR count). The van der Waals surface area contributed by atoms with Crippen molar-refractivity contribution >= 4 is 29.6 Å². The van der Waals surface area contributed by atoms with Crippen LogP contribution in [0.5, 0.6) is 0 Å². The van der Waals surface area contributed by atoms with Gasteiger partial charge in [-0.15, -0.1) is 0 Å². The highest BCUT2D eigenvalue weighted by molar-refractivity contribution is 6.58. The predicted molar refractivity (Wildman–Crippen MR) is 79.9 cm³/mol. The van der Waals surface area contributed by atoms with Gasteiger partial charge in [-0.1, -0.05) is 24.3 Å². The van der Waals surface area contributed by atoms with Gasteiger partial charge in [0.1, 0.15) is 11.8 Å². The maximum Gasteiger partial charge on any atom is 0.488 e. The monoisotopic (exact) mass is 283 g/mol. The normalized spacial score (nSPS) is 10.8. The van der Waals surface area contributed by atoms with Crippen molar-refractivity contribution in [2.45, 2.75) is 6.54 Å². The molecule has 21 heavy (non-hydrogen) atoms. The molecule has 0 atom stereocenters. The van der Waals surface area contributed by atoms with Crippen molar-refractivity contribution in [3.63, 3.8) is 0 Å². The van der Waals surface area contributed by atoms with Crippen LogP contribution in [0.1, 0.15) is 5.56 Å². The Bertz CT molecular complexity index is 757. The topological polar surface area (TPSA) is 96.1 Å². The van der Waals surface area contributed by atoms with Crippen LogP contribution < -0.4 is 10.8 Å². The van der Waals surface area contributed by atoms with Crippen LogP contribution in [0.25, 0.3) is 11.2 Å². The molecule has 0 fully saturated rings. The molecule has 0 aliphatic heterocycles. The van der Waals surface area contributed by atoms with Gasteiger partial charge in [0, 0.05) is 13.6 Å². The molecule has 0 aliphatic carbocycles. The molecule has 2 heterocycles. The summed E-state index contributed by atoms with van der Waals surface area (Å²) in [6.07, 6.45) is 3.17. The van der Waals surface area contributed by atoms with E-state index in [1.807, 2.05) is 23.7 Å². The van der Waals surface area contributed by atoms with Crippen LogP contribution in [0.3, 0.4) is 0 Å². The molecular weight excluding hydrogens is 269 g/mol. The summed E-state index contributed by atoms with van der Waals surface area (Å²) in [6.45, 7) is 0.569. The second-order valence-corrected chi connectivity index (χ2v) is 4.72. The maximum atomic E-state index is 9.06. The molecule has 2 aromatic heterocycles. The number of aromatic nitrogens is 4. The van der Waals surface area contributed by atoms with Gasteiger partial charge in [0.15, 0.2) is 11.5 Å². The number of nitrogens with zero attached hydrogens (tertiary/aromatic N) is 4. The van der Waals surface area contributed by atoms with Crippen molar-refractivity contribution in [3.8, 4) is 0 Å². The zero-order chi connectivity index (χ0) is 14.8. The summed E-state index contributed by atoms with van der Waals surface area (Å²) >= 11 is 0. The first-order chi connectivity index (χ1) is 10.1. The highest BCUT2D eigenvalue weighted by Gasteiger charge is 2.10. The number of anilines is 1. The van der Waals surface area contributed by atoms with E-state index in [9.17, 15) is 0 Å². The van der Waals surface area contributed by atoms with Crippen LogP contribution >= 0.6 is 0 Å². The molecule has 8 heteroatoms. The Morgan fingerprint density at radius 3 is 2.62 bits per heavy atom. The first-order valence-corrected chi connectivity index (χ1v) is 6.46. The van der Waals surface area contributed by atoms with E-state index >= 15 is 0 Å². The Hall–Kier alpha value is -2.45. The van der Waals surface area contributed by atoms with E-state index in [0.29, 0.717) is 23.5 Å². The molecule has 0 spiro atoms. The van der Waals surface area contributed by atoms with Crippen molar-refractivity contribution in [2.24, 2.45) is 7.05 Å². The molecule has 0 saturated carbocycles. The zero-order valence-corrected chi connectivity index (χ0v) is 11.4.